The minimum atomic E-state index is -0.682. The lowest BCUT2D eigenvalue weighted by Gasteiger charge is -2.16. The maximum Gasteiger partial charge on any atom is 0.252 e. The third-order valence-corrected chi connectivity index (χ3v) is 2.43. The summed E-state index contributed by atoms with van der Waals surface area (Å²) in [5.74, 6) is 0.146. The molecule has 0 aromatic heterocycles. The first-order valence-corrected chi connectivity index (χ1v) is 5.09. The third kappa shape index (κ3) is 2.30. The van der Waals surface area contributed by atoms with Crippen LogP contribution in [0.5, 0.6) is 17.2 Å². The van der Waals surface area contributed by atoms with Gasteiger partial charge in [-0.15, -0.1) is 0 Å². The minimum absolute atomic E-state index is 0.0228. The maximum absolute atomic E-state index is 11.5. The molecule has 6 nitrogen and oxygen atoms in total. The molecule has 0 atom stereocenters. The number of nitriles is 1. The molecule has 1 aromatic rings. The topological polar surface area (TPSA) is 94.6 Å². The van der Waals surface area contributed by atoms with Gasteiger partial charge in [-0.05, 0) is 11.6 Å². The summed E-state index contributed by atoms with van der Waals surface area (Å²) in [6, 6.07) is 3.51. The molecule has 0 aliphatic rings. The number of nitrogens with two attached hydrogens (primary N) is 1. The number of ether oxygens (including phenoxy) is 3. The number of carbonyl (C=O) groups is 1. The molecule has 0 saturated heterocycles. The summed E-state index contributed by atoms with van der Waals surface area (Å²) in [4.78, 5) is 11.5. The molecule has 0 aliphatic heterocycles. The van der Waals surface area contributed by atoms with E-state index >= 15 is 0 Å². The molecule has 2 N–H and O–H groups in total. The van der Waals surface area contributed by atoms with Crippen molar-refractivity contribution < 1.29 is 19.0 Å². The first-order valence-electron chi connectivity index (χ1n) is 5.09. The van der Waals surface area contributed by atoms with Crippen molar-refractivity contribution in [2.75, 3.05) is 21.3 Å². The number of carbonyl (C=O) groups excluding carboxylic acids is 1. The Hall–Kier alpha value is -2.42. The highest BCUT2D eigenvalue weighted by Crippen LogP contribution is 2.41. The van der Waals surface area contributed by atoms with Crippen molar-refractivity contribution in [1.82, 2.24) is 0 Å². The van der Waals surface area contributed by atoms with Crippen molar-refractivity contribution in [2.45, 2.75) is 6.42 Å². The van der Waals surface area contributed by atoms with E-state index in [1.165, 1.54) is 21.3 Å². The second-order valence-electron chi connectivity index (χ2n) is 3.38. The van der Waals surface area contributed by atoms with Crippen molar-refractivity contribution in [3.05, 3.63) is 17.2 Å². The normalized spacial score (nSPS) is 9.44. The Morgan fingerprint density at radius 1 is 1.28 bits per heavy atom. The number of rotatable bonds is 5. The van der Waals surface area contributed by atoms with Crippen LogP contribution in [-0.4, -0.2) is 27.2 Å². The Bertz CT molecular complexity index is 506. The summed E-state index contributed by atoms with van der Waals surface area (Å²) in [5, 5.41) is 8.76. The molecule has 6 heteroatoms. The molecule has 0 fully saturated rings. The summed E-state index contributed by atoms with van der Waals surface area (Å²) in [6.07, 6.45) is 0.0228. The number of hydrogen-bond donors (Lipinski definition) is 1. The van der Waals surface area contributed by atoms with Gasteiger partial charge in [0.25, 0.3) is 5.91 Å². The fraction of sp³-hybridized carbons (Fsp3) is 0.333. The van der Waals surface area contributed by atoms with Crippen molar-refractivity contribution in [3.8, 4) is 23.3 Å². The predicted octanol–water partition coefficient (Wildman–Crippen LogP) is 0.877. The average molecular weight is 250 g/mol. The van der Waals surface area contributed by atoms with Crippen LogP contribution >= 0.6 is 0 Å². The lowest BCUT2D eigenvalue weighted by atomic mass is 10.0. The van der Waals surface area contributed by atoms with E-state index in [4.69, 9.17) is 25.2 Å². The van der Waals surface area contributed by atoms with E-state index in [2.05, 4.69) is 0 Å². The van der Waals surface area contributed by atoms with Gasteiger partial charge in [0, 0.05) is 0 Å². The molecule has 96 valence electrons. The summed E-state index contributed by atoms with van der Waals surface area (Å²) in [6.45, 7) is 0. The molecular weight excluding hydrogens is 236 g/mol. The van der Waals surface area contributed by atoms with Crippen molar-refractivity contribution in [2.24, 2.45) is 5.73 Å². The first-order chi connectivity index (χ1) is 8.60. The van der Waals surface area contributed by atoms with Crippen LogP contribution < -0.4 is 19.9 Å². The number of methoxy groups -OCH3 is 3. The second-order valence-corrected chi connectivity index (χ2v) is 3.38. The van der Waals surface area contributed by atoms with E-state index in [9.17, 15) is 4.79 Å². The number of hydrogen-bond acceptors (Lipinski definition) is 5. The highest BCUT2D eigenvalue weighted by Gasteiger charge is 2.23. The zero-order valence-electron chi connectivity index (χ0n) is 10.4. The van der Waals surface area contributed by atoms with Crippen LogP contribution in [0.15, 0.2) is 6.07 Å². The van der Waals surface area contributed by atoms with Gasteiger partial charge in [-0.25, -0.2) is 0 Å². The molecule has 1 amide bonds. The largest absolute Gasteiger partial charge is 0.493 e. The van der Waals surface area contributed by atoms with Crippen LogP contribution in [0, 0.1) is 11.3 Å². The smallest absolute Gasteiger partial charge is 0.252 e. The monoisotopic (exact) mass is 250 g/mol. The Kier molecular flexibility index (Phi) is 4.38. The SMILES string of the molecule is COc1cc(CC#N)c(C(N)=O)c(OC)c1OC. The van der Waals surface area contributed by atoms with E-state index in [0.29, 0.717) is 11.3 Å². The molecule has 18 heavy (non-hydrogen) atoms. The number of amides is 1. The average Bonchev–Trinajstić information content (AvgIpc) is 2.36. The Morgan fingerprint density at radius 2 is 1.89 bits per heavy atom. The molecule has 0 aliphatic carbocycles. The number of primary amides is 1. The summed E-state index contributed by atoms with van der Waals surface area (Å²) in [7, 11) is 4.27. The Balaban J connectivity index is 3.64. The summed E-state index contributed by atoms with van der Waals surface area (Å²) in [5.41, 5.74) is 5.89. The van der Waals surface area contributed by atoms with Gasteiger partial charge in [-0.2, -0.15) is 5.26 Å². The van der Waals surface area contributed by atoms with Gasteiger partial charge in [0.2, 0.25) is 5.75 Å². The molecule has 1 rings (SSSR count). The molecular formula is C12H14N2O4. The molecule has 0 heterocycles. The zero-order chi connectivity index (χ0) is 13.7. The highest BCUT2D eigenvalue weighted by molar-refractivity contribution is 5.99. The molecule has 0 bridgehead atoms. The molecule has 0 radical (unpaired) electrons. The molecule has 0 spiro atoms. The summed E-state index contributed by atoms with van der Waals surface area (Å²) < 4.78 is 15.4. The van der Waals surface area contributed by atoms with Gasteiger partial charge >= 0.3 is 0 Å². The molecule has 0 saturated carbocycles. The standard InChI is InChI=1S/C12H14N2O4/c1-16-8-6-7(4-5-13)9(12(14)15)11(18-3)10(8)17-2/h6H,4H2,1-3H3,(H2,14,15). The van der Waals surface area contributed by atoms with E-state index in [-0.39, 0.29) is 23.5 Å². The van der Waals surface area contributed by atoms with Crippen LogP contribution in [0.4, 0.5) is 0 Å². The Morgan fingerprint density at radius 3 is 2.28 bits per heavy atom. The fourth-order valence-corrected chi connectivity index (χ4v) is 1.70. The van der Waals surface area contributed by atoms with E-state index in [1.54, 1.807) is 6.07 Å². The van der Waals surface area contributed by atoms with E-state index in [0.717, 1.165) is 0 Å². The first kappa shape index (κ1) is 13.6. The lowest BCUT2D eigenvalue weighted by molar-refractivity contribution is 0.0996. The van der Waals surface area contributed by atoms with Crippen LogP contribution in [0.2, 0.25) is 0 Å². The van der Waals surface area contributed by atoms with Crippen molar-refractivity contribution >= 4 is 5.91 Å². The molecule has 1 aromatic carbocycles. The molecule has 0 unspecified atom stereocenters. The van der Waals surface area contributed by atoms with E-state index in [1.807, 2.05) is 6.07 Å². The van der Waals surface area contributed by atoms with Gasteiger partial charge in [-0.1, -0.05) is 0 Å². The minimum Gasteiger partial charge on any atom is -0.493 e. The van der Waals surface area contributed by atoms with Gasteiger partial charge in [0.05, 0.1) is 39.4 Å². The van der Waals surface area contributed by atoms with Crippen LogP contribution in [-0.2, 0) is 6.42 Å². The number of benzene rings is 1. The van der Waals surface area contributed by atoms with Crippen LogP contribution in [0.1, 0.15) is 15.9 Å². The van der Waals surface area contributed by atoms with Crippen LogP contribution in [0.25, 0.3) is 0 Å². The van der Waals surface area contributed by atoms with Crippen molar-refractivity contribution in [1.29, 1.82) is 5.26 Å². The highest BCUT2D eigenvalue weighted by atomic mass is 16.5. The van der Waals surface area contributed by atoms with Gasteiger partial charge in [0.1, 0.15) is 0 Å². The second kappa shape index (κ2) is 5.77. The third-order valence-electron chi connectivity index (χ3n) is 2.43. The van der Waals surface area contributed by atoms with E-state index < -0.39 is 5.91 Å². The van der Waals surface area contributed by atoms with Crippen LogP contribution in [0.3, 0.4) is 0 Å². The van der Waals surface area contributed by atoms with Gasteiger partial charge in [0.15, 0.2) is 11.5 Å². The Labute approximate surface area is 105 Å². The zero-order valence-corrected chi connectivity index (χ0v) is 10.4. The summed E-state index contributed by atoms with van der Waals surface area (Å²) >= 11 is 0. The van der Waals surface area contributed by atoms with Crippen molar-refractivity contribution in [3.63, 3.8) is 0 Å². The predicted molar refractivity (Wildman–Crippen MR) is 63.9 cm³/mol. The fourth-order valence-electron chi connectivity index (χ4n) is 1.70. The quantitative estimate of drug-likeness (QED) is 0.836. The van der Waals surface area contributed by atoms with Gasteiger partial charge in [-0.3, -0.25) is 4.79 Å². The number of nitrogens with zero attached hydrogens (tertiary/aromatic N) is 1. The lowest BCUT2D eigenvalue weighted by Crippen LogP contribution is -2.16. The van der Waals surface area contributed by atoms with Gasteiger partial charge < -0.3 is 19.9 Å². The maximum atomic E-state index is 11.5.